The van der Waals surface area contributed by atoms with Crippen LogP contribution < -0.4 is 10.1 Å². The fourth-order valence-electron chi connectivity index (χ4n) is 2.55. The number of hydrogen-bond donors (Lipinski definition) is 2. The molecular weight excluding hydrogens is 318 g/mol. The van der Waals surface area contributed by atoms with Crippen LogP contribution in [0.15, 0.2) is 48.5 Å². The van der Waals surface area contributed by atoms with Gasteiger partial charge in [0.05, 0.1) is 0 Å². The SMILES string of the molecule is Cc1cc(C)cc(NC(=O)CC(C)(COc2ccccc2)C(=O)O)c1. The number of nitrogens with one attached hydrogen (secondary N) is 1. The lowest BCUT2D eigenvalue weighted by Gasteiger charge is -2.24. The first-order valence-corrected chi connectivity index (χ1v) is 8.08. The zero-order valence-electron chi connectivity index (χ0n) is 14.7. The van der Waals surface area contributed by atoms with Crippen LogP contribution in [0.5, 0.6) is 5.75 Å². The molecule has 2 aromatic carbocycles. The minimum atomic E-state index is -1.32. The van der Waals surface area contributed by atoms with Crippen LogP contribution in [0.25, 0.3) is 0 Å². The zero-order chi connectivity index (χ0) is 18.4. The number of ether oxygens (including phenoxy) is 1. The Hall–Kier alpha value is -2.82. The summed E-state index contributed by atoms with van der Waals surface area (Å²) in [5, 5.41) is 12.3. The average molecular weight is 341 g/mol. The molecule has 0 saturated heterocycles. The molecule has 1 unspecified atom stereocenters. The molecule has 0 aliphatic heterocycles. The van der Waals surface area contributed by atoms with Gasteiger partial charge >= 0.3 is 5.97 Å². The van der Waals surface area contributed by atoms with E-state index in [1.807, 2.05) is 38.1 Å². The first-order valence-electron chi connectivity index (χ1n) is 8.08. The largest absolute Gasteiger partial charge is 0.492 e. The molecule has 0 aromatic heterocycles. The van der Waals surface area contributed by atoms with Gasteiger partial charge < -0.3 is 15.2 Å². The summed E-state index contributed by atoms with van der Waals surface area (Å²) >= 11 is 0. The number of rotatable bonds is 7. The van der Waals surface area contributed by atoms with E-state index in [-0.39, 0.29) is 18.9 Å². The van der Waals surface area contributed by atoms with Crippen LogP contribution in [-0.2, 0) is 9.59 Å². The van der Waals surface area contributed by atoms with Crippen molar-refractivity contribution in [3.8, 4) is 5.75 Å². The van der Waals surface area contributed by atoms with Crippen molar-refractivity contribution in [3.63, 3.8) is 0 Å². The summed E-state index contributed by atoms with van der Waals surface area (Å²) < 4.78 is 5.56. The van der Waals surface area contributed by atoms with Crippen molar-refractivity contribution >= 4 is 17.6 Å². The highest BCUT2D eigenvalue weighted by Crippen LogP contribution is 2.25. The van der Waals surface area contributed by atoms with E-state index in [1.165, 1.54) is 6.92 Å². The fraction of sp³-hybridized carbons (Fsp3) is 0.300. The number of carboxylic acids is 1. The van der Waals surface area contributed by atoms with E-state index < -0.39 is 11.4 Å². The van der Waals surface area contributed by atoms with Crippen LogP contribution in [0.3, 0.4) is 0 Å². The number of benzene rings is 2. The Morgan fingerprint density at radius 3 is 2.24 bits per heavy atom. The quantitative estimate of drug-likeness (QED) is 0.803. The number of anilines is 1. The van der Waals surface area contributed by atoms with Gasteiger partial charge in [0.1, 0.15) is 17.8 Å². The van der Waals surface area contributed by atoms with Crippen LogP contribution in [0.2, 0.25) is 0 Å². The maximum Gasteiger partial charge on any atom is 0.313 e. The molecule has 5 nitrogen and oxygen atoms in total. The third kappa shape index (κ3) is 5.35. The molecule has 2 aromatic rings. The maximum atomic E-state index is 12.3. The second kappa shape index (κ2) is 7.83. The van der Waals surface area contributed by atoms with Gasteiger partial charge in [0, 0.05) is 12.1 Å². The highest BCUT2D eigenvalue weighted by atomic mass is 16.5. The van der Waals surface area contributed by atoms with Gasteiger partial charge in [-0.25, -0.2) is 0 Å². The van der Waals surface area contributed by atoms with Crippen molar-refractivity contribution in [2.24, 2.45) is 5.41 Å². The molecule has 25 heavy (non-hydrogen) atoms. The predicted molar refractivity (Wildman–Crippen MR) is 96.8 cm³/mol. The molecule has 0 fully saturated rings. The Kier molecular flexibility index (Phi) is 5.80. The van der Waals surface area contributed by atoms with E-state index in [0.29, 0.717) is 11.4 Å². The minimum absolute atomic E-state index is 0.0907. The maximum absolute atomic E-state index is 12.3. The van der Waals surface area contributed by atoms with E-state index in [2.05, 4.69) is 5.32 Å². The Labute approximate surface area is 147 Å². The summed E-state index contributed by atoms with van der Waals surface area (Å²) in [6.45, 7) is 5.31. The Morgan fingerprint density at radius 2 is 1.68 bits per heavy atom. The number of para-hydroxylation sites is 1. The lowest BCUT2D eigenvalue weighted by Crippen LogP contribution is -2.37. The summed E-state index contributed by atoms with van der Waals surface area (Å²) in [6, 6.07) is 14.7. The fourth-order valence-corrected chi connectivity index (χ4v) is 2.55. The first-order chi connectivity index (χ1) is 11.8. The van der Waals surface area contributed by atoms with Crippen molar-refractivity contribution in [1.82, 2.24) is 0 Å². The van der Waals surface area contributed by atoms with Crippen molar-refractivity contribution in [1.29, 1.82) is 0 Å². The van der Waals surface area contributed by atoms with Gasteiger partial charge in [0.25, 0.3) is 0 Å². The molecule has 2 rings (SSSR count). The summed E-state index contributed by atoms with van der Waals surface area (Å²) in [4.78, 5) is 24.0. The third-order valence-electron chi connectivity index (χ3n) is 3.87. The second-order valence-electron chi connectivity index (χ2n) is 6.57. The Morgan fingerprint density at radius 1 is 1.08 bits per heavy atom. The molecule has 0 aliphatic rings. The van der Waals surface area contributed by atoms with Gasteiger partial charge in [-0.1, -0.05) is 24.3 Å². The molecule has 0 aliphatic carbocycles. The van der Waals surface area contributed by atoms with E-state index in [9.17, 15) is 14.7 Å². The topological polar surface area (TPSA) is 75.6 Å². The number of aliphatic carboxylic acids is 1. The smallest absolute Gasteiger partial charge is 0.313 e. The van der Waals surface area contributed by atoms with Crippen molar-refractivity contribution in [3.05, 3.63) is 59.7 Å². The van der Waals surface area contributed by atoms with Crippen molar-refractivity contribution in [2.75, 3.05) is 11.9 Å². The normalized spacial score (nSPS) is 12.9. The summed E-state index contributed by atoms with van der Waals surface area (Å²) in [6.07, 6.45) is -0.178. The summed E-state index contributed by atoms with van der Waals surface area (Å²) in [7, 11) is 0. The summed E-state index contributed by atoms with van der Waals surface area (Å²) in [5.41, 5.74) is 1.41. The van der Waals surface area contributed by atoms with Gasteiger partial charge in [-0.15, -0.1) is 0 Å². The highest BCUT2D eigenvalue weighted by molar-refractivity contribution is 5.94. The predicted octanol–water partition coefficient (Wildman–Crippen LogP) is 3.80. The molecule has 0 radical (unpaired) electrons. The van der Waals surface area contributed by atoms with Gasteiger partial charge in [0.2, 0.25) is 5.91 Å². The molecule has 1 amide bonds. The van der Waals surface area contributed by atoms with Crippen LogP contribution >= 0.6 is 0 Å². The number of hydrogen-bond acceptors (Lipinski definition) is 3. The number of carbonyl (C=O) groups is 2. The zero-order valence-corrected chi connectivity index (χ0v) is 14.7. The van der Waals surface area contributed by atoms with Crippen molar-refractivity contribution < 1.29 is 19.4 Å². The van der Waals surface area contributed by atoms with Gasteiger partial charge in [-0.3, -0.25) is 9.59 Å². The van der Waals surface area contributed by atoms with E-state index >= 15 is 0 Å². The first kappa shape index (κ1) is 18.5. The molecule has 2 N–H and O–H groups in total. The molecule has 0 heterocycles. The van der Waals surface area contributed by atoms with Crippen LogP contribution in [0.4, 0.5) is 5.69 Å². The highest BCUT2D eigenvalue weighted by Gasteiger charge is 2.37. The van der Waals surface area contributed by atoms with Crippen molar-refractivity contribution in [2.45, 2.75) is 27.2 Å². The van der Waals surface area contributed by atoms with E-state index in [4.69, 9.17) is 4.74 Å². The lowest BCUT2D eigenvalue weighted by molar-refractivity contribution is -0.152. The molecule has 132 valence electrons. The number of carbonyl (C=O) groups excluding carboxylic acids is 1. The number of aryl methyl sites for hydroxylation is 2. The number of amides is 1. The summed E-state index contributed by atoms with van der Waals surface area (Å²) in [5.74, 6) is -0.852. The monoisotopic (exact) mass is 341 g/mol. The second-order valence-corrected chi connectivity index (χ2v) is 6.57. The minimum Gasteiger partial charge on any atom is -0.492 e. The average Bonchev–Trinajstić information content (AvgIpc) is 2.52. The Bertz CT molecular complexity index is 737. The molecule has 1 atom stereocenters. The molecule has 0 spiro atoms. The van der Waals surface area contributed by atoms with Gasteiger partial charge in [-0.2, -0.15) is 0 Å². The number of carboxylic acid groups (broad SMARTS) is 1. The van der Waals surface area contributed by atoms with E-state index in [1.54, 1.807) is 24.3 Å². The molecule has 0 saturated carbocycles. The Balaban J connectivity index is 2.04. The van der Waals surface area contributed by atoms with E-state index in [0.717, 1.165) is 11.1 Å². The standard InChI is InChI=1S/C20H23NO4/c1-14-9-15(2)11-16(10-14)21-18(22)12-20(3,19(23)24)13-25-17-7-5-4-6-8-17/h4-11H,12-13H2,1-3H3,(H,21,22)(H,23,24). The van der Waals surface area contributed by atoms with Gasteiger partial charge in [-0.05, 0) is 56.2 Å². The molecular formula is C20H23NO4. The van der Waals surface area contributed by atoms with Crippen LogP contribution in [0, 0.1) is 19.3 Å². The third-order valence-corrected chi connectivity index (χ3v) is 3.87. The lowest BCUT2D eigenvalue weighted by atomic mass is 9.87. The van der Waals surface area contributed by atoms with Crippen LogP contribution in [-0.4, -0.2) is 23.6 Å². The molecule has 5 heteroatoms. The van der Waals surface area contributed by atoms with Crippen LogP contribution in [0.1, 0.15) is 24.5 Å². The van der Waals surface area contributed by atoms with Gasteiger partial charge in [0.15, 0.2) is 0 Å². The molecule has 0 bridgehead atoms.